The van der Waals surface area contributed by atoms with Crippen molar-refractivity contribution in [3.63, 3.8) is 0 Å². The first-order chi connectivity index (χ1) is 20.9. The van der Waals surface area contributed by atoms with Crippen molar-refractivity contribution in [2.24, 2.45) is 5.73 Å². The Labute approximate surface area is 250 Å². The van der Waals surface area contributed by atoms with E-state index in [2.05, 4.69) is 15.0 Å². The van der Waals surface area contributed by atoms with E-state index >= 15 is 0 Å². The molecule has 3 aromatic heterocycles. The van der Waals surface area contributed by atoms with Crippen LogP contribution in [0.1, 0.15) is 66.6 Å². The van der Waals surface area contributed by atoms with Crippen LogP contribution < -0.4 is 11.4 Å². The number of benzene rings is 1. The number of nitrogens with zero attached hydrogens (tertiary/aromatic N) is 4. The van der Waals surface area contributed by atoms with Gasteiger partial charge in [0.15, 0.2) is 17.3 Å². The molecule has 1 aliphatic heterocycles. The summed E-state index contributed by atoms with van der Waals surface area (Å²) in [7, 11) is -4.67. The standard InChI is InChI=1S/C28H28F2N6O3.H2O4S/c29-20-6-1-4-17(23(20)30)18-8-9-22(25-19(24(18)31)5-2-12-32-25)39-28(38)35-14-10-16(11-15-35)36-21-7-3-13-33-26(21)34-27(36)37;1-5(2,3)4/h1-7,12-13,16,18,22,24H,8-11,14-15,31H2,(H,33,34,37);(H2,1,2,3,4)/t18-,22+,24-;/m0./s1. The average molecular weight is 633 g/mol. The fourth-order valence-corrected chi connectivity index (χ4v) is 5.94. The highest BCUT2D eigenvalue weighted by Crippen LogP contribution is 2.43. The number of piperidine rings is 1. The number of aromatic amines is 1. The summed E-state index contributed by atoms with van der Waals surface area (Å²) in [6.07, 6.45) is 3.99. The lowest BCUT2D eigenvalue weighted by Gasteiger charge is -2.33. The van der Waals surface area contributed by atoms with Gasteiger partial charge in [0.2, 0.25) is 0 Å². The minimum Gasteiger partial charge on any atom is -0.440 e. The van der Waals surface area contributed by atoms with Gasteiger partial charge in [0.1, 0.15) is 6.10 Å². The van der Waals surface area contributed by atoms with Crippen molar-refractivity contribution in [2.75, 3.05) is 13.1 Å². The summed E-state index contributed by atoms with van der Waals surface area (Å²) in [5.41, 5.74) is 9.02. The Kier molecular flexibility index (Phi) is 9.05. The second kappa shape index (κ2) is 12.8. The van der Waals surface area contributed by atoms with Crippen LogP contribution in [0, 0.1) is 11.6 Å². The monoisotopic (exact) mass is 632 g/mol. The van der Waals surface area contributed by atoms with Gasteiger partial charge >= 0.3 is 22.2 Å². The van der Waals surface area contributed by atoms with E-state index < -0.39 is 46.2 Å². The predicted octanol–water partition coefficient (Wildman–Crippen LogP) is 3.84. The first-order valence-electron chi connectivity index (χ1n) is 13.8. The fraction of sp³-hybridized carbons (Fsp3) is 0.357. The lowest BCUT2D eigenvalue weighted by molar-refractivity contribution is 0.0472. The smallest absolute Gasteiger partial charge is 0.410 e. The molecule has 2 aliphatic rings. The third kappa shape index (κ3) is 6.77. The van der Waals surface area contributed by atoms with Gasteiger partial charge in [0.05, 0.1) is 11.2 Å². The molecule has 13 nitrogen and oxygen atoms in total. The third-order valence-corrected chi connectivity index (χ3v) is 7.91. The van der Waals surface area contributed by atoms with Crippen LogP contribution in [-0.4, -0.2) is 61.1 Å². The Morgan fingerprint density at radius 1 is 0.977 bits per heavy atom. The lowest BCUT2D eigenvalue weighted by atomic mass is 9.86. The van der Waals surface area contributed by atoms with Crippen molar-refractivity contribution in [3.05, 3.63) is 93.8 Å². The molecule has 0 bridgehead atoms. The highest BCUT2D eigenvalue weighted by Gasteiger charge is 2.36. The number of likely N-dealkylation sites (tertiary alicyclic amines) is 1. The van der Waals surface area contributed by atoms with Crippen LogP contribution in [0.3, 0.4) is 0 Å². The molecule has 44 heavy (non-hydrogen) atoms. The maximum absolute atomic E-state index is 14.7. The van der Waals surface area contributed by atoms with Gasteiger partial charge in [-0.25, -0.2) is 23.4 Å². The number of nitrogens with two attached hydrogens (primary N) is 1. The topological polar surface area (TPSA) is 194 Å². The van der Waals surface area contributed by atoms with E-state index in [1.54, 1.807) is 46.1 Å². The number of pyridine rings is 2. The van der Waals surface area contributed by atoms with Crippen molar-refractivity contribution in [1.82, 2.24) is 24.4 Å². The molecule has 0 radical (unpaired) electrons. The zero-order valence-corrected chi connectivity index (χ0v) is 24.0. The molecule has 234 valence electrons. The first-order valence-corrected chi connectivity index (χ1v) is 15.2. The zero-order chi connectivity index (χ0) is 31.6. The number of carbonyl (C=O) groups excluding carboxylic acids is 1. The van der Waals surface area contributed by atoms with E-state index in [1.807, 2.05) is 6.07 Å². The summed E-state index contributed by atoms with van der Waals surface area (Å²) < 4.78 is 68.0. The molecule has 0 spiro atoms. The summed E-state index contributed by atoms with van der Waals surface area (Å²) in [5.74, 6) is -2.34. The minimum absolute atomic E-state index is 0.0697. The van der Waals surface area contributed by atoms with Crippen LogP contribution in [0.5, 0.6) is 0 Å². The summed E-state index contributed by atoms with van der Waals surface area (Å²) >= 11 is 0. The molecule has 4 aromatic rings. The average Bonchev–Trinajstić information content (AvgIpc) is 3.26. The highest BCUT2D eigenvalue weighted by molar-refractivity contribution is 7.79. The van der Waals surface area contributed by atoms with Crippen LogP contribution in [0.2, 0.25) is 0 Å². The van der Waals surface area contributed by atoms with Gasteiger partial charge in [-0.3, -0.25) is 23.6 Å². The number of amides is 1. The maximum Gasteiger partial charge on any atom is 0.410 e. The van der Waals surface area contributed by atoms with Crippen molar-refractivity contribution in [1.29, 1.82) is 0 Å². The van der Waals surface area contributed by atoms with E-state index in [-0.39, 0.29) is 17.3 Å². The van der Waals surface area contributed by atoms with E-state index in [1.165, 1.54) is 6.07 Å². The number of hydrogen-bond acceptors (Lipinski definition) is 8. The molecule has 1 amide bonds. The van der Waals surface area contributed by atoms with Gasteiger partial charge in [-0.15, -0.1) is 0 Å². The second-order valence-corrected chi connectivity index (χ2v) is 11.4. The van der Waals surface area contributed by atoms with E-state index in [0.717, 1.165) is 11.6 Å². The fourth-order valence-electron chi connectivity index (χ4n) is 5.94. The van der Waals surface area contributed by atoms with E-state index in [0.29, 0.717) is 55.7 Å². The zero-order valence-electron chi connectivity index (χ0n) is 23.2. The Hall–Kier alpha value is -4.25. The third-order valence-electron chi connectivity index (χ3n) is 7.91. The van der Waals surface area contributed by atoms with Gasteiger partial charge < -0.3 is 15.4 Å². The number of H-pyrrole nitrogens is 1. The number of hydrogen-bond donors (Lipinski definition) is 4. The molecule has 1 aliphatic carbocycles. The van der Waals surface area contributed by atoms with Crippen LogP contribution in [0.25, 0.3) is 11.2 Å². The molecule has 0 unspecified atom stereocenters. The largest absolute Gasteiger partial charge is 0.440 e. The Morgan fingerprint density at radius 2 is 1.64 bits per heavy atom. The molecule has 6 rings (SSSR count). The van der Waals surface area contributed by atoms with Gasteiger partial charge in [-0.1, -0.05) is 18.2 Å². The van der Waals surface area contributed by atoms with Gasteiger partial charge in [-0.05, 0) is 61.1 Å². The number of fused-ring (bicyclic) bond motifs is 2. The molecule has 1 fully saturated rings. The summed E-state index contributed by atoms with van der Waals surface area (Å²) in [6.45, 7) is 0.836. The number of aromatic nitrogens is 4. The van der Waals surface area contributed by atoms with Crippen molar-refractivity contribution < 1.29 is 35.8 Å². The van der Waals surface area contributed by atoms with E-state index in [4.69, 9.17) is 28.0 Å². The second-order valence-electron chi connectivity index (χ2n) is 10.5. The minimum atomic E-state index is -4.67. The normalized spacial score (nSPS) is 20.8. The molecule has 0 saturated carbocycles. The molecule has 16 heteroatoms. The molecular formula is C28H30F2N6O7S. The Morgan fingerprint density at radius 3 is 2.36 bits per heavy atom. The SMILES string of the molecule is N[C@@H]1c2cccnc2[C@H](OC(=O)N2CCC(n3c(=O)[nH]c4ncccc43)CC2)CC[C@H]1c1cccc(F)c1F.O=S(=O)(O)O. The van der Waals surface area contributed by atoms with Gasteiger partial charge in [0.25, 0.3) is 0 Å². The quantitative estimate of drug-likeness (QED) is 0.190. The van der Waals surface area contributed by atoms with Crippen LogP contribution in [-0.2, 0) is 15.1 Å². The molecule has 3 atom stereocenters. The predicted molar refractivity (Wildman–Crippen MR) is 153 cm³/mol. The van der Waals surface area contributed by atoms with Crippen molar-refractivity contribution in [3.8, 4) is 0 Å². The Bertz CT molecular complexity index is 1820. The number of nitrogens with one attached hydrogen (secondary N) is 1. The summed E-state index contributed by atoms with van der Waals surface area (Å²) in [6, 6.07) is 10.5. The molecular weight excluding hydrogens is 602 g/mol. The number of imidazole rings is 1. The van der Waals surface area contributed by atoms with Crippen LogP contribution in [0.4, 0.5) is 13.6 Å². The molecule has 5 N–H and O–H groups in total. The van der Waals surface area contributed by atoms with Gasteiger partial charge in [0, 0.05) is 43.5 Å². The first kappa shape index (κ1) is 31.2. The number of rotatable bonds is 3. The van der Waals surface area contributed by atoms with E-state index in [9.17, 15) is 18.4 Å². The maximum atomic E-state index is 14.7. The van der Waals surface area contributed by atoms with Gasteiger partial charge in [-0.2, -0.15) is 8.42 Å². The number of halogens is 2. The molecule has 1 saturated heterocycles. The Balaban J connectivity index is 0.000000712. The summed E-state index contributed by atoms with van der Waals surface area (Å²) in [4.78, 5) is 38.9. The summed E-state index contributed by atoms with van der Waals surface area (Å²) in [5, 5.41) is 0. The van der Waals surface area contributed by atoms with Crippen molar-refractivity contribution in [2.45, 2.75) is 49.8 Å². The molecule has 1 aromatic carbocycles. The molecule has 4 heterocycles. The lowest BCUT2D eigenvalue weighted by Crippen LogP contribution is -2.41. The van der Waals surface area contributed by atoms with Crippen LogP contribution in [0.15, 0.2) is 59.7 Å². The number of ether oxygens (including phenoxy) is 1. The van der Waals surface area contributed by atoms with Crippen molar-refractivity contribution >= 4 is 27.7 Å². The number of carbonyl (C=O) groups is 1. The van der Waals surface area contributed by atoms with Crippen LogP contribution >= 0.6 is 0 Å². The highest BCUT2D eigenvalue weighted by atomic mass is 32.3.